The van der Waals surface area contributed by atoms with Crippen molar-refractivity contribution in [2.75, 3.05) is 0 Å². The maximum absolute atomic E-state index is 11.1. The van der Waals surface area contributed by atoms with Crippen LogP contribution < -0.4 is 4.73 Å². The molecule has 0 unspecified atom stereocenters. The molecule has 0 aliphatic rings. The lowest BCUT2D eigenvalue weighted by Crippen LogP contribution is -2.24. The maximum Gasteiger partial charge on any atom is 0.281 e. The van der Waals surface area contributed by atoms with Gasteiger partial charge in [0.1, 0.15) is 0 Å². The SMILES string of the molecule is [O-][n+]1ccc(Cl)c2ccsc21. The van der Waals surface area contributed by atoms with Gasteiger partial charge in [0.05, 0.1) is 10.4 Å². The number of rotatable bonds is 0. The van der Waals surface area contributed by atoms with Gasteiger partial charge in [-0.05, 0) is 11.4 Å². The summed E-state index contributed by atoms with van der Waals surface area (Å²) in [5, 5.41) is 14.4. The molecule has 0 N–H and O–H groups in total. The van der Waals surface area contributed by atoms with E-state index < -0.39 is 0 Å². The standard InChI is InChI=1S/C7H4ClNOS/c8-6-1-3-9(10)7-5(6)2-4-11-7/h1-4H. The summed E-state index contributed by atoms with van der Waals surface area (Å²) < 4.78 is 0.825. The molecule has 0 bridgehead atoms. The fourth-order valence-electron chi connectivity index (χ4n) is 0.944. The Bertz CT molecular complexity index is 362. The van der Waals surface area contributed by atoms with Gasteiger partial charge in [0.2, 0.25) is 0 Å². The lowest BCUT2D eigenvalue weighted by molar-refractivity contribution is -0.574. The van der Waals surface area contributed by atoms with Crippen molar-refractivity contribution in [2.24, 2.45) is 0 Å². The average molecular weight is 186 g/mol. The zero-order valence-corrected chi connectivity index (χ0v) is 7.02. The Morgan fingerprint density at radius 1 is 1.45 bits per heavy atom. The number of thiophene rings is 1. The number of hydrogen-bond donors (Lipinski definition) is 0. The molecule has 11 heavy (non-hydrogen) atoms. The second-order valence-electron chi connectivity index (χ2n) is 2.13. The third-order valence-electron chi connectivity index (χ3n) is 1.46. The number of fused-ring (bicyclic) bond motifs is 1. The van der Waals surface area contributed by atoms with Crippen LogP contribution in [0.25, 0.3) is 10.2 Å². The molecule has 0 aliphatic heterocycles. The van der Waals surface area contributed by atoms with E-state index in [2.05, 4.69) is 0 Å². The molecule has 2 aromatic rings. The van der Waals surface area contributed by atoms with Crippen molar-refractivity contribution in [3.63, 3.8) is 0 Å². The molecular weight excluding hydrogens is 182 g/mol. The van der Waals surface area contributed by atoms with Crippen LogP contribution in [0.5, 0.6) is 0 Å². The summed E-state index contributed by atoms with van der Waals surface area (Å²) in [6, 6.07) is 3.44. The van der Waals surface area contributed by atoms with E-state index in [4.69, 9.17) is 11.6 Å². The smallest absolute Gasteiger partial charge is 0.281 e. The highest BCUT2D eigenvalue weighted by Gasteiger charge is 2.07. The Morgan fingerprint density at radius 2 is 2.27 bits per heavy atom. The van der Waals surface area contributed by atoms with Crippen LogP contribution in [0.4, 0.5) is 0 Å². The predicted molar refractivity (Wildman–Crippen MR) is 45.8 cm³/mol. The zero-order valence-electron chi connectivity index (χ0n) is 5.45. The number of aromatic nitrogens is 1. The van der Waals surface area contributed by atoms with Gasteiger partial charge in [0.15, 0.2) is 6.20 Å². The monoisotopic (exact) mass is 185 g/mol. The van der Waals surface area contributed by atoms with Crippen molar-refractivity contribution in [1.29, 1.82) is 0 Å². The second-order valence-corrected chi connectivity index (χ2v) is 3.43. The first-order valence-corrected chi connectivity index (χ1v) is 4.29. The van der Waals surface area contributed by atoms with Gasteiger partial charge >= 0.3 is 0 Å². The fourth-order valence-corrected chi connectivity index (χ4v) is 2.01. The van der Waals surface area contributed by atoms with Crippen molar-refractivity contribution in [3.05, 3.63) is 33.9 Å². The highest BCUT2D eigenvalue weighted by molar-refractivity contribution is 7.16. The Hall–Kier alpha value is -0.800. The molecular formula is C7H4ClNOS. The first kappa shape index (κ1) is 6.88. The van der Waals surface area contributed by atoms with Gasteiger partial charge < -0.3 is 5.21 Å². The summed E-state index contributed by atoms with van der Waals surface area (Å²) >= 11 is 7.22. The minimum atomic E-state index is 0.633. The van der Waals surface area contributed by atoms with Gasteiger partial charge in [-0.15, -0.1) is 0 Å². The minimum absolute atomic E-state index is 0.633. The van der Waals surface area contributed by atoms with E-state index in [0.29, 0.717) is 9.85 Å². The van der Waals surface area contributed by atoms with Crippen LogP contribution in [0, 0.1) is 5.21 Å². The van der Waals surface area contributed by atoms with E-state index in [1.54, 1.807) is 6.07 Å². The zero-order chi connectivity index (χ0) is 7.84. The Kier molecular flexibility index (Phi) is 1.47. The molecule has 0 fully saturated rings. The predicted octanol–water partition coefficient (Wildman–Crippen LogP) is 2.19. The van der Waals surface area contributed by atoms with Gasteiger partial charge in [0, 0.05) is 6.07 Å². The van der Waals surface area contributed by atoms with Gasteiger partial charge in [-0.1, -0.05) is 22.9 Å². The average Bonchev–Trinajstić information content (AvgIpc) is 2.45. The van der Waals surface area contributed by atoms with E-state index >= 15 is 0 Å². The van der Waals surface area contributed by atoms with Crippen molar-refractivity contribution in [1.82, 2.24) is 0 Å². The van der Waals surface area contributed by atoms with Crippen LogP contribution in [0.15, 0.2) is 23.7 Å². The second kappa shape index (κ2) is 2.36. The number of halogens is 1. The Balaban J connectivity index is 2.96. The highest BCUT2D eigenvalue weighted by atomic mass is 35.5. The molecule has 0 saturated heterocycles. The van der Waals surface area contributed by atoms with Gasteiger partial charge in [0.25, 0.3) is 4.83 Å². The minimum Gasteiger partial charge on any atom is -0.618 e. The first-order chi connectivity index (χ1) is 5.29. The number of hydrogen-bond acceptors (Lipinski definition) is 2. The molecule has 0 spiro atoms. The van der Waals surface area contributed by atoms with E-state index in [-0.39, 0.29) is 0 Å². The lowest BCUT2D eigenvalue weighted by Gasteiger charge is -1.96. The molecule has 2 aromatic heterocycles. The van der Waals surface area contributed by atoms with E-state index in [1.165, 1.54) is 17.5 Å². The van der Waals surface area contributed by atoms with Gasteiger partial charge in [-0.25, -0.2) is 0 Å². The summed E-state index contributed by atoms with van der Waals surface area (Å²) in [4.78, 5) is 0.664. The maximum atomic E-state index is 11.1. The molecule has 2 rings (SSSR count). The van der Waals surface area contributed by atoms with E-state index in [0.717, 1.165) is 10.1 Å². The Labute approximate surface area is 72.2 Å². The topological polar surface area (TPSA) is 26.9 Å². The largest absolute Gasteiger partial charge is 0.618 e. The van der Waals surface area contributed by atoms with Crippen LogP contribution in [-0.2, 0) is 0 Å². The van der Waals surface area contributed by atoms with E-state index in [9.17, 15) is 5.21 Å². The molecule has 0 radical (unpaired) electrons. The normalized spacial score (nSPS) is 10.6. The molecule has 0 aromatic carbocycles. The highest BCUT2D eigenvalue weighted by Crippen LogP contribution is 2.23. The fraction of sp³-hybridized carbons (Fsp3) is 0. The van der Waals surface area contributed by atoms with Gasteiger partial charge in [-0.3, -0.25) is 0 Å². The van der Waals surface area contributed by atoms with Crippen LogP contribution in [0.1, 0.15) is 0 Å². The Morgan fingerprint density at radius 3 is 3.00 bits per heavy atom. The van der Waals surface area contributed by atoms with Crippen molar-refractivity contribution in [3.8, 4) is 0 Å². The molecule has 2 nitrogen and oxygen atoms in total. The summed E-state index contributed by atoms with van der Waals surface area (Å²) in [7, 11) is 0. The third kappa shape index (κ3) is 0.968. The summed E-state index contributed by atoms with van der Waals surface area (Å²) in [6.45, 7) is 0. The molecule has 0 aliphatic carbocycles. The van der Waals surface area contributed by atoms with Crippen molar-refractivity contribution < 1.29 is 4.73 Å². The van der Waals surface area contributed by atoms with Crippen LogP contribution >= 0.6 is 22.9 Å². The van der Waals surface area contributed by atoms with Crippen molar-refractivity contribution in [2.45, 2.75) is 0 Å². The first-order valence-electron chi connectivity index (χ1n) is 3.04. The summed E-state index contributed by atoms with van der Waals surface area (Å²) in [5.74, 6) is 0. The summed E-state index contributed by atoms with van der Waals surface area (Å²) in [5.41, 5.74) is 0. The van der Waals surface area contributed by atoms with Crippen molar-refractivity contribution >= 4 is 33.2 Å². The molecule has 56 valence electrons. The quantitative estimate of drug-likeness (QED) is 0.457. The molecule has 0 atom stereocenters. The summed E-state index contributed by atoms with van der Waals surface area (Å²) in [6.07, 6.45) is 1.42. The number of pyridine rings is 1. The van der Waals surface area contributed by atoms with Crippen LogP contribution in [0.3, 0.4) is 0 Å². The van der Waals surface area contributed by atoms with E-state index in [1.807, 2.05) is 11.4 Å². The molecule has 0 amide bonds. The molecule has 2 heterocycles. The van der Waals surface area contributed by atoms with Crippen LogP contribution in [-0.4, -0.2) is 0 Å². The lowest BCUT2D eigenvalue weighted by atomic mass is 10.3. The van der Waals surface area contributed by atoms with Crippen LogP contribution in [0.2, 0.25) is 5.02 Å². The third-order valence-corrected chi connectivity index (χ3v) is 2.68. The number of nitrogens with zero attached hydrogens (tertiary/aromatic N) is 1. The molecule has 4 heteroatoms. The molecule has 0 saturated carbocycles. The van der Waals surface area contributed by atoms with Gasteiger partial charge in [-0.2, -0.15) is 4.73 Å².